The predicted molar refractivity (Wildman–Crippen MR) is 112 cm³/mol. The fraction of sp³-hybridized carbons (Fsp3) is 0.368. The zero-order valence-electron chi connectivity index (χ0n) is 14.7. The molecule has 25 heavy (non-hydrogen) atoms. The Hall–Kier alpha value is -1.83. The average molecular weight is 452 g/mol. The molecule has 0 unspecified atom stereocenters. The van der Waals surface area contributed by atoms with Crippen molar-refractivity contribution in [2.45, 2.75) is 24.8 Å². The number of aliphatic imine (C=N–C) groups is 1. The van der Waals surface area contributed by atoms with Crippen LogP contribution in [0.25, 0.3) is 0 Å². The number of hydrogen-bond donors (Lipinski definition) is 2. The Kier molecular flexibility index (Phi) is 7.04. The number of aromatic nitrogens is 1. The third-order valence-corrected chi connectivity index (χ3v) is 4.51. The van der Waals surface area contributed by atoms with E-state index in [4.69, 9.17) is 4.74 Å². The van der Waals surface area contributed by atoms with Gasteiger partial charge in [0, 0.05) is 30.8 Å². The lowest BCUT2D eigenvalue weighted by molar-refractivity contribution is 0.403. The van der Waals surface area contributed by atoms with Gasteiger partial charge in [-0.2, -0.15) is 0 Å². The first kappa shape index (κ1) is 19.5. The second-order valence-electron chi connectivity index (χ2n) is 6.08. The van der Waals surface area contributed by atoms with Crippen molar-refractivity contribution in [3.8, 4) is 5.75 Å². The zero-order chi connectivity index (χ0) is 16.8. The second kappa shape index (κ2) is 9.03. The van der Waals surface area contributed by atoms with Crippen LogP contribution in [0, 0.1) is 0 Å². The zero-order valence-corrected chi connectivity index (χ0v) is 17.0. The summed E-state index contributed by atoms with van der Waals surface area (Å²) in [4.78, 5) is 8.62. The summed E-state index contributed by atoms with van der Waals surface area (Å²) in [6, 6.07) is 14.2. The van der Waals surface area contributed by atoms with Gasteiger partial charge in [-0.15, -0.1) is 24.0 Å². The van der Waals surface area contributed by atoms with Crippen molar-refractivity contribution in [1.29, 1.82) is 0 Å². The Morgan fingerprint density at radius 3 is 2.56 bits per heavy atom. The van der Waals surface area contributed by atoms with Crippen LogP contribution in [0.5, 0.6) is 5.75 Å². The second-order valence-corrected chi connectivity index (χ2v) is 6.08. The van der Waals surface area contributed by atoms with Crippen LogP contribution in [0.4, 0.5) is 0 Å². The first-order valence-electron chi connectivity index (χ1n) is 8.25. The topological polar surface area (TPSA) is 58.5 Å². The maximum absolute atomic E-state index is 5.53. The van der Waals surface area contributed by atoms with Gasteiger partial charge in [-0.3, -0.25) is 9.98 Å². The van der Waals surface area contributed by atoms with Crippen LogP contribution in [0.15, 0.2) is 53.7 Å². The number of ether oxygens (including phenoxy) is 1. The first-order valence-corrected chi connectivity index (χ1v) is 8.25. The predicted octanol–water partition coefficient (Wildman–Crippen LogP) is 3.11. The van der Waals surface area contributed by atoms with Gasteiger partial charge in [-0.25, -0.2) is 0 Å². The summed E-state index contributed by atoms with van der Waals surface area (Å²) in [6.07, 6.45) is 4.13. The van der Waals surface area contributed by atoms with Crippen LogP contribution in [-0.2, 0) is 12.0 Å². The summed E-state index contributed by atoms with van der Waals surface area (Å²) in [5.74, 6) is 1.76. The number of hydrogen-bond acceptors (Lipinski definition) is 3. The van der Waals surface area contributed by atoms with Crippen LogP contribution >= 0.6 is 24.0 Å². The first-order chi connectivity index (χ1) is 11.8. The van der Waals surface area contributed by atoms with E-state index in [0.29, 0.717) is 6.54 Å². The summed E-state index contributed by atoms with van der Waals surface area (Å²) >= 11 is 0. The van der Waals surface area contributed by atoms with E-state index >= 15 is 0 Å². The van der Waals surface area contributed by atoms with Crippen LogP contribution in [0.2, 0.25) is 0 Å². The maximum Gasteiger partial charge on any atom is 0.191 e. The van der Waals surface area contributed by atoms with E-state index in [9.17, 15) is 0 Å². The molecule has 6 heteroatoms. The molecule has 0 aliphatic heterocycles. The summed E-state index contributed by atoms with van der Waals surface area (Å²) < 4.78 is 5.53. The lowest BCUT2D eigenvalue weighted by Gasteiger charge is -2.21. The lowest BCUT2D eigenvalue weighted by atomic mass is 9.95. The molecule has 0 amide bonds. The highest BCUT2D eigenvalue weighted by Gasteiger charge is 2.46. The van der Waals surface area contributed by atoms with E-state index < -0.39 is 0 Å². The van der Waals surface area contributed by atoms with E-state index in [2.05, 4.69) is 32.7 Å². The number of pyridine rings is 1. The van der Waals surface area contributed by atoms with Gasteiger partial charge in [0.25, 0.3) is 0 Å². The molecule has 1 fully saturated rings. The molecular formula is C19H25IN4O. The summed E-state index contributed by atoms with van der Waals surface area (Å²) in [6.45, 7) is 1.50. The SMILES string of the molecule is CN=C(NCc1ccccn1)NCC1(c2ccccc2OC)CC1.I. The number of para-hydroxylation sites is 1. The van der Waals surface area contributed by atoms with E-state index in [1.54, 1.807) is 20.4 Å². The highest BCUT2D eigenvalue weighted by Crippen LogP contribution is 2.50. The number of nitrogens with one attached hydrogen (secondary N) is 2. The van der Waals surface area contributed by atoms with E-state index in [-0.39, 0.29) is 29.4 Å². The van der Waals surface area contributed by atoms with Gasteiger partial charge < -0.3 is 15.4 Å². The standard InChI is InChI=1S/C19H24N4O.HI/c1-20-18(22-13-15-7-5-6-12-21-15)23-14-19(10-11-19)16-8-3-4-9-17(16)24-2;/h3-9,12H,10-11,13-14H2,1-2H3,(H2,20,22,23);1H. The van der Waals surface area contributed by atoms with Crippen molar-refractivity contribution in [3.63, 3.8) is 0 Å². The number of halogens is 1. The van der Waals surface area contributed by atoms with E-state index in [1.807, 2.05) is 30.3 Å². The molecule has 1 aromatic carbocycles. The van der Waals surface area contributed by atoms with Gasteiger partial charge in [-0.05, 0) is 31.0 Å². The Morgan fingerprint density at radius 1 is 1.16 bits per heavy atom. The van der Waals surface area contributed by atoms with Gasteiger partial charge in [0.2, 0.25) is 0 Å². The van der Waals surface area contributed by atoms with E-state index in [0.717, 1.165) is 36.8 Å². The van der Waals surface area contributed by atoms with Crippen molar-refractivity contribution < 1.29 is 4.74 Å². The molecule has 0 saturated heterocycles. The van der Waals surface area contributed by atoms with Crippen molar-refractivity contribution in [2.24, 2.45) is 4.99 Å². The molecule has 1 aromatic heterocycles. The Bertz CT molecular complexity index is 702. The minimum atomic E-state index is 0. The highest BCUT2D eigenvalue weighted by molar-refractivity contribution is 14.0. The number of rotatable bonds is 6. The molecule has 0 atom stereocenters. The molecule has 1 aliphatic carbocycles. The van der Waals surface area contributed by atoms with E-state index in [1.165, 1.54) is 5.56 Å². The smallest absolute Gasteiger partial charge is 0.191 e. The molecule has 134 valence electrons. The Labute approximate surface area is 166 Å². The number of guanidine groups is 1. The molecule has 3 rings (SSSR count). The largest absolute Gasteiger partial charge is 0.496 e. The van der Waals surface area contributed by atoms with Crippen LogP contribution in [-0.4, -0.2) is 31.6 Å². The third-order valence-electron chi connectivity index (χ3n) is 4.51. The monoisotopic (exact) mass is 452 g/mol. The molecule has 5 nitrogen and oxygen atoms in total. The number of nitrogens with zero attached hydrogens (tertiary/aromatic N) is 2. The van der Waals surface area contributed by atoms with Crippen LogP contribution in [0.3, 0.4) is 0 Å². The summed E-state index contributed by atoms with van der Waals surface area (Å²) in [5.41, 5.74) is 2.42. The van der Waals surface area contributed by atoms with Gasteiger partial charge in [0.05, 0.1) is 19.3 Å². The van der Waals surface area contributed by atoms with Crippen LogP contribution < -0.4 is 15.4 Å². The fourth-order valence-electron chi connectivity index (χ4n) is 2.93. The van der Waals surface area contributed by atoms with Crippen LogP contribution in [0.1, 0.15) is 24.1 Å². The van der Waals surface area contributed by atoms with Gasteiger partial charge in [0.1, 0.15) is 5.75 Å². The summed E-state index contributed by atoms with van der Waals surface area (Å²) in [5, 5.41) is 6.76. The third kappa shape index (κ3) is 4.84. The Morgan fingerprint density at radius 2 is 1.92 bits per heavy atom. The van der Waals surface area contributed by atoms with Crippen molar-refractivity contribution >= 4 is 29.9 Å². The van der Waals surface area contributed by atoms with Crippen molar-refractivity contribution in [2.75, 3.05) is 20.7 Å². The molecule has 2 aromatic rings. The molecule has 0 radical (unpaired) electrons. The Balaban J connectivity index is 0.00000225. The molecular weight excluding hydrogens is 427 g/mol. The number of methoxy groups -OCH3 is 1. The molecule has 1 heterocycles. The average Bonchev–Trinajstić information content (AvgIpc) is 3.44. The highest BCUT2D eigenvalue weighted by atomic mass is 127. The molecule has 2 N–H and O–H groups in total. The normalized spacial score (nSPS) is 15.0. The maximum atomic E-state index is 5.53. The van der Waals surface area contributed by atoms with Gasteiger partial charge in [0.15, 0.2) is 5.96 Å². The van der Waals surface area contributed by atoms with Gasteiger partial charge >= 0.3 is 0 Å². The lowest BCUT2D eigenvalue weighted by Crippen LogP contribution is -2.41. The van der Waals surface area contributed by atoms with Gasteiger partial charge in [-0.1, -0.05) is 24.3 Å². The molecule has 1 aliphatic rings. The quantitative estimate of drug-likeness (QED) is 0.402. The summed E-state index contributed by atoms with van der Waals surface area (Å²) in [7, 11) is 3.52. The molecule has 0 bridgehead atoms. The van der Waals surface area contributed by atoms with Crippen molar-refractivity contribution in [3.05, 3.63) is 59.9 Å². The minimum Gasteiger partial charge on any atom is -0.496 e. The fourth-order valence-corrected chi connectivity index (χ4v) is 2.93. The minimum absolute atomic E-state index is 0. The molecule has 0 spiro atoms. The number of benzene rings is 1. The van der Waals surface area contributed by atoms with Crippen molar-refractivity contribution in [1.82, 2.24) is 15.6 Å². The molecule has 1 saturated carbocycles.